The van der Waals surface area contributed by atoms with Crippen LogP contribution in [0.4, 0.5) is 0 Å². The molecular weight excluding hydrogens is 234 g/mol. The average Bonchev–Trinajstić information content (AvgIpc) is 2.83. The van der Waals surface area contributed by atoms with E-state index in [4.69, 9.17) is 5.26 Å². The number of nitrogens with one attached hydrogen (secondary N) is 1. The van der Waals surface area contributed by atoms with Gasteiger partial charge in [0.1, 0.15) is 0 Å². The largest absolute Gasteiger partial charge is 0.372 e. The summed E-state index contributed by atoms with van der Waals surface area (Å²) in [6, 6.07) is 8.38. The molecule has 0 radical (unpaired) electrons. The maximum absolute atomic E-state index is 8.95. The molecule has 0 bridgehead atoms. The van der Waals surface area contributed by atoms with Gasteiger partial charge in [0.05, 0.1) is 11.6 Å². The minimum atomic E-state index is 0.595. The second kappa shape index (κ2) is 5.07. The Morgan fingerprint density at radius 3 is 3.16 bits per heavy atom. The highest BCUT2D eigenvalue weighted by atomic mass is 15.2. The second-order valence-electron chi connectivity index (χ2n) is 5.45. The molecule has 1 aromatic carbocycles. The highest BCUT2D eigenvalue weighted by molar-refractivity contribution is 5.42. The quantitative estimate of drug-likeness (QED) is 0.876. The molecule has 1 fully saturated rings. The van der Waals surface area contributed by atoms with Gasteiger partial charge in [-0.3, -0.25) is 0 Å². The van der Waals surface area contributed by atoms with E-state index in [1.807, 2.05) is 6.07 Å². The van der Waals surface area contributed by atoms with Gasteiger partial charge in [0.25, 0.3) is 0 Å². The minimum Gasteiger partial charge on any atom is -0.372 e. The molecule has 2 aliphatic rings. The molecule has 0 saturated carbocycles. The van der Waals surface area contributed by atoms with Gasteiger partial charge in [0.15, 0.2) is 0 Å². The topological polar surface area (TPSA) is 39.1 Å². The first-order valence-corrected chi connectivity index (χ1v) is 6.94. The van der Waals surface area contributed by atoms with E-state index >= 15 is 0 Å². The second-order valence-corrected chi connectivity index (χ2v) is 5.45. The van der Waals surface area contributed by atoms with Crippen molar-refractivity contribution in [3.05, 3.63) is 47.2 Å². The van der Waals surface area contributed by atoms with E-state index in [0.29, 0.717) is 5.92 Å². The molecule has 1 aliphatic carbocycles. The summed E-state index contributed by atoms with van der Waals surface area (Å²) in [5.41, 5.74) is 4.79. The zero-order valence-corrected chi connectivity index (χ0v) is 11.2. The molecule has 19 heavy (non-hydrogen) atoms. The van der Waals surface area contributed by atoms with Gasteiger partial charge >= 0.3 is 0 Å². The molecule has 0 amide bonds. The zero-order chi connectivity index (χ0) is 13.2. The molecule has 1 aliphatic heterocycles. The van der Waals surface area contributed by atoms with Gasteiger partial charge in [-0.1, -0.05) is 12.6 Å². The van der Waals surface area contributed by atoms with Crippen molar-refractivity contribution in [3.8, 4) is 6.07 Å². The first kappa shape index (κ1) is 12.3. The number of nitrogens with zero attached hydrogens (tertiary/aromatic N) is 2. The first-order chi connectivity index (χ1) is 9.28. The monoisotopic (exact) mass is 253 g/mol. The van der Waals surface area contributed by atoms with Crippen LogP contribution in [-0.4, -0.2) is 31.1 Å². The number of nitriles is 1. The molecule has 1 aromatic rings. The Balaban J connectivity index is 1.75. The maximum atomic E-state index is 8.95. The van der Waals surface area contributed by atoms with Crippen molar-refractivity contribution in [3.63, 3.8) is 0 Å². The van der Waals surface area contributed by atoms with Gasteiger partial charge in [-0.2, -0.15) is 5.26 Å². The van der Waals surface area contributed by atoms with Crippen molar-refractivity contribution >= 4 is 0 Å². The molecular formula is C16H19N3. The maximum Gasteiger partial charge on any atom is 0.0991 e. The summed E-state index contributed by atoms with van der Waals surface area (Å²) in [5.74, 6) is 0.595. The third-order valence-corrected chi connectivity index (χ3v) is 4.25. The molecule has 3 heteroatoms. The predicted octanol–water partition coefficient (Wildman–Crippen LogP) is 2.01. The lowest BCUT2D eigenvalue weighted by Gasteiger charge is -2.33. The molecule has 1 saturated heterocycles. The van der Waals surface area contributed by atoms with E-state index in [9.17, 15) is 0 Å². The Morgan fingerprint density at radius 2 is 2.37 bits per heavy atom. The fraction of sp³-hybridized carbons (Fsp3) is 0.438. The number of benzene rings is 1. The summed E-state index contributed by atoms with van der Waals surface area (Å²) in [6.07, 6.45) is 2.30. The van der Waals surface area contributed by atoms with Crippen LogP contribution in [0.3, 0.4) is 0 Å². The zero-order valence-electron chi connectivity index (χ0n) is 11.2. The van der Waals surface area contributed by atoms with Crippen LogP contribution >= 0.6 is 0 Å². The fourth-order valence-corrected chi connectivity index (χ4v) is 3.17. The van der Waals surface area contributed by atoms with Crippen LogP contribution in [0, 0.1) is 11.3 Å². The molecule has 0 spiro atoms. The molecule has 98 valence electrons. The van der Waals surface area contributed by atoms with Gasteiger partial charge in [-0.05, 0) is 36.1 Å². The smallest absolute Gasteiger partial charge is 0.0991 e. The van der Waals surface area contributed by atoms with Gasteiger partial charge in [0, 0.05) is 37.8 Å². The third-order valence-electron chi connectivity index (χ3n) is 4.25. The number of piperazine rings is 1. The van der Waals surface area contributed by atoms with E-state index < -0.39 is 0 Å². The Hall–Kier alpha value is -1.79. The summed E-state index contributed by atoms with van der Waals surface area (Å²) in [7, 11) is 0. The van der Waals surface area contributed by atoms with Crippen molar-refractivity contribution in [2.24, 2.45) is 0 Å². The Kier molecular flexibility index (Phi) is 3.27. The number of fused-ring (bicyclic) bond motifs is 1. The predicted molar refractivity (Wildman–Crippen MR) is 75.8 cm³/mol. The first-order valence-electron chi connectivity index (χ1n) is 6.94. The number of hydrogen-bond donors (Lipinski definition) is 1. The summed E-state index contributed by atoms with van der Waals surface area (Å²) >= 11 is 0. The summed E-state index contributed by atoms with van der Waals surface area (Å²) in [4.78, 5) is 2.41. The standard InChI is InChI=1S/C16H19N3/c1-12-10-18-6-7-19(12)11-15-4-3-14-8-13(9-17)2-5-16(14)15/h2,5,8,15,18H,1,3-4,6-7,10-11H2. The van der Waals surface area contributed by atoms with Crippen LogP contribution in [-0.2, 0) is 6.42 Å². The van der Waals surface area contributed by atoms with Crippen LogP contribution in [0.1, 0.15) is 29.0 Å². The third kappa shape index (κ3) is 2.36. The van der Waals surface area contributed by atoms with Crippen molar-refractivity contribution in [1.29, 1.82) is 5.26 Å². The molecule has 1 heterocycles. The fourth-order valence-electron chi connectivity index (χ4n) is 3.17. The van der Waals surface area contributed by atoms with Gasteiger partial charge in [0.2, 0.25) is 0 Å². The number of rotatable bonds is 2. The Bertz CT molecular complexity index is 541. The normalized spacial score (nSPS) is 22.2. The SMILES string of the molecule is C=C1CNCCN1CC1CCc2cc(C#N)ccc21. The van der Waals surface area contributed by atoms with E-state index in [-0.39, 0.29) is 0 Å². The van der Waals surface area contributed by atoms with Crippen LogP contribution in [0.15, 0.2) is 30.5 Å². The number of hydrogen-bond acceptors (Lipinski definition) is 3. The van der Waals surface area contributed by atoms with Crippen molar-refractivity contribution in [1.82, 2.24) is 10.2 Å². The lowest BCUT2D eigenvalue weighted by molar-refractivity contribution is 0.284. The molecule has 0 aromatic heterocycles. The average molecular weight is 253 g/mol. The summed E-state index contributed by atoms with van der Waals surface area (Å²) in [5, 5.41) is 12.3. The van der Waals surface area contributed by atoms with Crippen molar-refractivity contribution in [2.45, 2.75) is 18.8 Å². The highest BCUT2D eigenvalue weighted by Crippen LogP contribution is 2.34. The van der Waals surface area contributed by atoms with Crippen molar-refractivity contribution in [2.75, 3.05) is 26.2 Å². The van der Waals surface area contributed by atoms with Gasteiger partial charge < -0.3 is 10.2 Å². The minimum absolute atomic E-state index is 0.595. The van der Waals surface area contributed by atoms with Crippen LogP contribution in [0.25, 0.3) is 0 Å². The van der Waals surface area contributed by atoms with Crippen LogP contribution in [0.5, 0.6) is 0 Å². The molecule has 1 unspecified atom stereocenters. The van der Waals surface area contributed by atoms with Gasteiger partial charge in [-0.25, -0.2) is 0 Å². The summed E-state index contributed by atoms with van der Waals surface area (Å²) < 4.78 is 0. The lowest BCUT2D eigenvalue weighted by Crippen LogP contribution is -2.42. The number of aryl methyl sites for hydroxylation is 1. The van der Waals surface area contributed by atoms with E-state index in [1.165, 1.54) is 23.2 Å². The van der Waals surface area contributed by atoms with E-state index in [2.05, 4.69) is 35.0 Å². The Morgan fingerprint density at radius 1 is 1.47 bits per heavy atom. The van der Waals surface area contributed by atoms with Crippen molar-refractivity contribution < 1.29 is 0 Å². The summed E-state index contributed by atoms with van der Waals surface area (Å²) in [6.45, 7) is 8.22. The van der Waals surface area contributed by atoms with E-state index in [1.54, 1.807) is 0 Å². The highest BCUT2D eigenvalue weighted by Gasteiger charge is 2.25. The molecule has 1 atom stereocenters. The van der Waals surface area contributed by atoms with Crippen LogP contribution < -0.4 is 5.32 Å². The molecule has 3 nitrogen and oxygen atoms in total. The Labute approximate surface area is 114 Å². The van der Waals surface area contributed by atoms with Crippen LogP contribution in [0.2, 0.25) is 0 Å². The van der Waals surface area contributed by atoms with Gasteiger partial charge in [-0.15, -0.1) is 0 Å². The lowest BCUT2D eigenvalue weighted by atomic mass is 9.99. The van der Waals surface area contributed by atoms with E-state index in [0.717, 1.165) is 38.2 Å². The molecule has 1 N–H and O–H groups in total. The molecule has 3 rings (SSSR count).